The Morgan fingerprint density at radius 2 is 1.64 bits per heavy atom. The van der Waals surface area contributed by atoms with Crippen molar-refractivity contribution in [2.24, 2.45) is 0 Å². The minimum absolute atomic E-state index is 1.14. The van der Waals surface area contributed by atoms with Gasteiger partial charge in [0.25, 0.3) is 0 Å². The Morgan fingerprint density at radius 3 is 2.36 bits per heavy atom. The molecule has 1 heteroatoms. The third kappa shape index (κ3) is 4.02. The zero-order valence-electron chi connectivity index (χ0n) is 17.4. The van der Waals surface area contributed by atoms with Crippen LogP contribution >= 0.6 is 0 Å². The summed E-state index contributed by atoms with van der Waals surface area (Å²) in [6.45, 7) is 4.68. The van der Waals surface area contributed by atoms with Gasteiger partial charge in [0.1, 0.15) is 0 Å². The van der Waals surface area contributed by atoms with E-state index in [9.17, 15) is 0 Å². The number of fused-ring (bicyclic) bond motifs is 3. The third-order valence-corrected chi connectivity index (χ3v) is 14.2. The van der Waals surface area contributed by atoms with Crippen LogP contribution in [-0.2, 0) is 27.7 Å². The molecule has 2 aromatic rings. The quantitative estimate of drug-likeness (QED) is 0.352. The fourth-order valence-corrected chi connectivity index (χ4v) is 13.1. The summed E-state index contributed by atoms with van der Waals surface area (Å²) < 4.78 is 5.53. The molecule has 0 aliphatic heterocycles. The number of rotatable bonds is 8. The molecule has 144 valence electrons. The molecule has 0 N–H and O–H groups in total. The number of hydrogen-bond donors (Lipinski definition) is 0. The van der Waals surface area contributed by atoms with E-state index in [1.54, 1.807) is 12.1 Å². The van der Waals surface area contributed by atoms with Crippen molar-refractivity contribution in [3.8, 4) is 11.1 Å². The van der Waals surface area contributed by atoms with E-state index in [-0.39, 0.29) is 0 Å². The van der Waals surface area contributed by atoms with E-state index in [2.05, 4.69) is 74.5 Å². The van der Waals surface area contributed by atoms with Gasteiger partial charge < -0.3 is 0 Å². The topological polar surface area (TPSA) is 0 Å². The first-order chi connectivity index (χ1) is 13.8. The summed E-state index contributed by atoms with van der Waals surface area (Å²) in [4.78, 5) is 0. The Hall–Kier alpha value is -1.33. The monoisotopic (exact) mass is 446 g/mol. The molecule has 0 heterocycles. The molecule has 0 spiro atoms. The van der Waals surface area contributed by atoms with Gasteiger partial charge >= 0.3 is 179 Å². The molecule has 0 radical (unpaired) electrons. The summed E-state index contributed by atoms with van der Waals surface area (Å²) in [5, 5.41) is 0. The number of hydrogen-bond acceptors (Lipinski definition) is 0. The summed E-state index contributed by atoms with van der Waals surface area (Å²) in [6.07, 6.45) is 17.6. The van der Waals surface area contributed by atoms with Gasteiger partial charge in [-0.15, -0.1) is 0 Å². The van der Waals surface area contributed by atoms with Crippen molar-refractivity contribution < 1.29 is 21.3 Å². The van der Waals surface area contributed by atoms with Crippen molar-refractivity contribution in [1.29, 1.82) is 0 Å². The van der Waals surface area contributed by atoms with Gasteiger partial charge in [-0.3, -0.25) is 0 Å². The van der Waals surface area contributed by atoms with Gasteiger partial charge in [-0.1, -0.05) is 0 Å². The number of benzene rings is 2. The average molecular weight is 448 g/mol. The SMILES string of the molecule is CCCC[C](CCCC)=[Zr]([C]1=CC=CC1)[c]1cccc2c1Cc1ccccc1-2. The van der Waals surface area contributed by atoms with Crippen LogP contribution in [-0.4, -0.2) is 3.21 Å². The standard InChI is InChI=1S/C13H9.C9H18.C5H5.Zr/c1-3-7-12-10(5-1)9-11-6-2-4-8-13(11)12;1-3-5-7-9-8-6-4-2;1-2-4-5-3-1;/h1-5,7-8H,9H2;3-8H2,1-2H3;1-3H,4H2;. The van der Waals surface area contributed by atoms with Gasteiger partial charge in [-0.05, 0) is 0 Å². The predicted octanol–water partition coefficient (Wildman–Crippen LogP) is 6.90. The van der Waals surface area contributed by atoms with Crippen molar-refractivity contribution in [2.75, 3.05) is 0 Å². The summed E-state index contributed by atoms with van der Waals surface area (Å²) >= 11 is -2.02. The van der Waals surface area contributed by atoms with Crippen molar-refractivity contribution in [3.05, 3.63) is 75.1 Å². The Bertz CT molecular complexity index is 932. The zero-order valence-corrected chi connectivity index (χ0v) is 19.9. The summed E-state index contributed by atoms with van der Waals surface area (Å²) in [7, 11) is 0. The van der Waals surface area contributed by atoms with E-state index < -0.39 is 21.3 Å². The van der Waals surface area contributed by atoms with Crippen LogP contribution in [0, 0.1) is 0 Å². The molecule has 2 aliphatic carbocycles. The van der Waals surface area contributed by atoms with Crippen LogP contribution in [0.1, 0.15) is 69.9 Å². The normalized spacial score (nSPS) is 14.0. The molecule has 0 fully saturated rings. The summed E-state index contributed by atoms with van der Waals surface area (Å²) in [5.41, 5.74) is 6.18. The second-order valence-corrected chi connectivity index (χ2v) is 14.7. The maximum absolute atomic E-state index is 2.51. The molecule has 0 atom stereocenters. The van der Waals surface area contributed by atoms with Gasteiger partial charge in [-0.25, -0.2) is 0 Å². The van der Waals surface area contributed by atoms with Gasteiger partial charge in [0.05, 0.1) is 0 Å². The van der Waals surface area contributed by atoms with Crippen LogP contribution in [0.5, 0.6) is 0 Å². The summed E-state index contributed by atoms with van der Waals surface area (Å²) in [5.74, 6) is 0. The first kappa shape index (κ1) is 20.0. The van der Waals surface area contributed by atoms with Gasteiger partial charge in [0.15, 0.2) is 0 Å². The van der Waals surface area contributed by atoms with Crippen molar-refractivity contribution >= 4 is 6.48 Å². The molecule has 0 saturated heterocycles. The Balaban J connectivity index is 1.85. The van der Waals surface area contributed by atoms with Crippen LogP contribution in [0.4, 0.5) is 0 Å². The fourth-order valence-electron chi connectivity index (χ4n) is 4.77. The first-order valence-electron chi connectivity index (χ1n) is 11.1. The third-order valence-electron chi connectivity index (χ3n) is 6.23. The van der Waals surface area contributed by atoms with Crippen molar-refractivity contribution in [2.45, 2.75) is 65.2 Å². The van der Waals surface area contributed by atoms with E-state index >= 15 is 0 Å². The molecule has 4 rings (SSSR count). The molecule has 0 unspecified atom stereocenters. The van der Waals surface area contributed by atoms with Crippen LogP contribution in [0.3, 0.4) is 0 Å². The van der Waals surface area contributed by atoms with Gasteiger partial charge in [0.2, 0.25) is 0 Å². The summed E-state index contributed by atoms with van der Waals surface area (Å²) in [6, 6.07) is 16.3. The van der Waals surface area contributed by atoms with Gasteiger partial charge in [-0.2, -0.15) is 0 Å². The number of unbranched alkanes of at least 4 members (excludes halogenated alkanes) is 2. The van der Waals surface area contributed by atoms with Crippen molar-refractivity contribution in [3.63, 3.8) is 0 Å². The van der Waals surface area contributed by atoms with E-state index in [0.717, 1.165) is 6.42 Å². The second-order valence-electron chi connectivity index (χ2n) is 8.18. The van der Waals surface area contributed by atoms with Crippen LogP contribution in [0.2, 0.25) is 0 Å². The molecule has 0 nitrogen and oxygen atoms in total. The molecule has 0 amide bonds. The average Bonchev–Trinajstić information content (AvgIpc) is 3.38. The fraction of sp³-hybridized carbons (Fsp3) is 0.370. The molecule has 2 aromatic carbocycles. The first-order valence-corrected chi connectivity index (χ1v) is 14.8. The number of allylic oxidation sites excluding steroid dienone is 4. The molecular formula is C27H32Zr. The van der Waals surface area contributed by atoms with E-state index in [0.29, 0.717) is 0 Å². The molecule has 28 heavy (non-hydrogen) atoms. The minimum atomic E-state index is -2.02. The molecule has 0 saturated carbocycles. The van der Waals surface area contributed by atoms with Crippen LogP contribution in [0.25, 0.3) is 11.1 Å². The van der Waals surface area contributed by atoms with Crippen LogP contribution < -0.4 is 3.27 Å². The molecule has 0 bridgehead atoms. The van der Waals surface area contributed by atoms with E-state index in [4.69, 9.17) is 0 Å². The van der Waals surface area contributed by atoms with E-state index in [1.165, 1.54) is 61.6 Å². The predicted molar refractivity (Wildman–Crippen MR) is 120 cm³/mol. The second kappa shape index (κ2) is 9.45. The molecule has 2 aliphatic rings. The Morgan fingerprint density at radius 1 is 0.893 bits per heavy atom. The van der Waals surface area contributed by atoms with E-state index in [1.807, 2.05) is 3.21 Å². The maximum atomic E-state index is 2.51. The zero-order chi connectivity index (χ0) is 19.3. The van der Waals surface area contributed by atoms with Crippen LogP contribution in [0.15, 0.2) is 64.0 Å². The molecular weight excluding hydrogens is 416 g/mol. The Kier molecular flexibility index (Phi) is 6.74. The molecule has 0 aromatic heterocycles. The van der Waals surface area contributed by atoms with Crippen molar-refractivity contribution in [1.82, 2.24) is 0 Å². The van der Waals surface area contributed by atoms with Gasteiger partial charge in [0, 0.05) is 0 Å². The Labute approximate surface area is 178 Å².